The highest BCUT2D eigenvalue weighted by Gasteiger charge is 2.39. The van der Waals surface area contributed by atoms with E-state index < -0.39 is 16.4 Å². The lowest BCUT2D eigenvalue weighted by Crippen LogP contribution is -2.43. The molecule has 0 aromatic heterocycles. The van der Waals surface area contributed by atoms with Gasteiger partial charge in [0.1, 0.15) is 6.61 Å². The van der Waals surface area contributed by atoms with Crippen molar-refractivity contribution >= 4 is 33.7 Å². The summed E-state index contributed by atoms with van der Waals surface area (Å²) in [7, 11) is 1.48. The Morgan fingerprint density at radius 2 is 1.67 bits per heavy atom. The molecule has 0 spiro atoms. The van der Waals surface area contributed by atoms with Crippen LogP contribution in [0.5, 0.6) is 11.5 Å². The fourth-order valence-electron chi connectivity index (χ4n) is 3.90. The Bertz CT molecular complexity index is 1460. The molecule has 198 valence electrons. The van der Waals surface area contributed by atoms with Gasteiger partial charge in [0, 0.05) is 12.1 Å². The second kappa shape index (κ2) is 12.3. The molecule has 0 aliphatic rings. The molecule has 4 aromatic carbocycles. The van der Waals surface area contributed by atoms with Gasteiger partial charge in [-0.05, 0) is 50.3 Å². The number of nitrogens with zero attached hydrogens (tertiary/aromatic N) is 2. The number of carbonyl (C=O) groups excluding carboxylic acids is 1. The van der Waals surface area contributed by atoms with E-state index in [4.69, 9.17) is 9.47 Å². The van der Waals surface area contributed by atoms with Gasteiger partial charge in [0.05, 0.1) is 22.7 Å². The van der Waals surface area contributed by atoms with Gasteiger partial charge in [0.2, 0.25) is 0 Å². The molecule has 0 saturated heterocycles. The lowest BCUT2D eigenvalue weighted by atomic mass is 9.85. The Morgan fingerprint density at radius 1 is 1.03 bits per heavy atom. The van der Waals surface area contributed by atoms with Crippen LogP contribution in [0.1, 0.15) is 22.3 Å². The second-order valence-electron chi connectivity index (χ2n) is 8.39. The molecular formula is C29H24BrN3O6. The fraction of sp³-hybridized carbons (Fsp3) is 0.103. The van der Waals surface area contributed by atoms with Crippen LogP contribution in [0.25, 0.3) is 0 Å². The zero-order valence-electron chi connectivity index (χ0n) is 20.8. The SMILES string of the molecule is COc1cc(/C=N/NC(=O)C(O)(c2ccccc2)c2ccccc2)cc(Br)c1OCc1cccc([N+](=O)[O-])c1. The van der Waals surface area contributed by atoms with Crippen molar-refractivity contribution in [3.05, 3.63) is 134 Å². The number of nitro groups is 1. The molecule has 4 aromatic rings. The molecule has 0 bridgehead atoms. The molecule has 0 aliphatic carbocycles. The Balaban J connectivity index is 1.51. The Hall–Kier alpha value is -4.54. The maximum Gasteiger partial charge on any atom is 0.281 e. The van der Waals surface area contributed by atoms with Crippen molar-refractivity contribution < 1.29 is 24.3 Å². The van der Waals surface area contributed by atoms with Crippen LogP contribution < -0.4 is 14.9 Å². The van der Waals surface area contributed by atoms with Gasteiger partial charge in [-0.2, -0.15) is 5.10 Å². The van der Waals surface area contributed by atoms with E-state index >= 15 is 0 Å². The topological polar surface area (TPSA) is 123 Å². The average molecular weight is 590 g/mol. The molecule has 0 radical (unpaired) electrons. The summed E-state index contributed by atoms with van der Waals surface area (Å²) in [6.07, 6.45) is 1.41. The van der Waals surface area contributed by atoms with E-state index in [9.17, 15) is 20.0 Å². The smallest absolute Gasteiger partial charge is 0.281 e. The number of amides is 1. The number of hydrogen-bond acceptors (Lipinski definition) is 7. The Kier molecular flexibility index (Phi) is 8.70. The van der Waals surface area contributed by atoms with Crippen molar-refractivity contribution in [2.75, 3.05) is 7.11 Å². The molecule has 9 nitrogen and oxygen atoms in total. The van der Waals surface area contributed by atoms with Crippen LogP contribution in [-0.2, 0) is 17.0 Å². The normalized spacial score (nSPS) is 11.3. The van der Waals surface area contributed by atoms with Gasteiger partial charge in [-0.1, -0.05) is 72.8 Å². The van der Waals surface area contributed by atoms with E-state index in [-0.39, 0.29) is 12.3 Å². The first kappa shape index (κ1) is 27.5. The molecule has 1 amide bonds. The minimum Gasteiger partial charge on any atom is -0.493 e. The third-order valence-electron chi connectivity index (χ3n) is 5.85. The van der Waals surface area contributed by atoms with Crippen molar-refractivity contribution in [3.8, 4) is 11.5 Å². The van der Waals surface area contributed by atoms with Crippen LogP contribution in [-0.4, -0.2) is 29.3 Å². The van der Waals surface area contributed by atoms with Crippen LogP contribution in [0.4, 0.5) is 5.69 Å². The van der Waals surface area contributed by atoms with E-state index in [1.807, 2.05) is 0 Å². The number of carbonyl (C=O) groups is 1. The number of non-ortho nitro benzene ring substituents is 1. The van der Waals surface area contributed by atoms with E-state index in [1.165, 1.54) is 25.5 Å². The largest absolute Gasteiger partial charge is 0.493 e. The highest BCUT2D eigenvalue weighted by atomic mass is 79.9. The first-order chi connectivity index (χ1) is 18.8. The summed E-state index contributed by atoms with van der Waals surface area (Å²) in [5.41, 5.74) is 2.46. The van der Waals surface area contributed by atoms with Crippen LogP contribution in [0.2, 0.25) is 0 Å². The quantitative estimate of drug-likeness (QED) is 0.146. The molecule has 0 unspecified atom stereocenters. The fourth-order valence-corrected chi connectivity index (χ4v) is 4.48. The molecule has 0 aliphatic heterocycles. The van der Waals surface area contributed by atoms with Crippen LogP contribution >= 0.6 is 15.9 Å². The average Bonchev–Trinajstić information content (AvgIpc) is 2.96. The zero-order valence-corrected chi connectivity index (χ0v) is 22.4. The van der Waals surface area contributed by atoms with Crippen LogP contribution in [0.15, 0.2) is 107 Å². The molecule has 4 rings (SSSR count). The lowest BCUT2D eigenvalue weighted by molar-refractivity contribution is -0.384. The monoisotopic (exact) mass is 589 g/mol. The number of aliphatic hydroxyl groups is 1. The van der Waals surface area contributed by atoms with E-state index in [0.29, 0.717) is 38.2 Å². The minimum atomic E-state index is -1.96. The molecule has 0 atom stereocenters. The number of hydrogen-bond donors (Lipinski definition) is 2. The van der Waals surface area contributed by atoms with Crippen molar-refractivity contribution in [1.82, 2.24) is 5.43 Å². The van der Waals surface area contributed by atoms with Gasteiger partial charge in [0.25, 0.3) is 11.6 Å². The van der Waals surface area contributed by atoms with Gasteiger partial charge in [-0.3, -0.25) is 14.9 Å². The maximum absolute atomic E-state index is 13.2. The number of nitrogens with one attached hydrogen (secondary N) is 1. The molecular weight excluding hydrogens is 566 g/mol. The summed E-state index contributed by atoms with van der Waals surface area (Å²) in [6, 6.07) is 26.8. The first-order valence-corrected chi connectivity index (χ1v) is 12.5. The van der Waals surface area contributed by atoms with Gasteiger partial charge in [0.15, 0.2) is 17.1 Å². The number of ether oxygens (including phenoxy) is 2. The third-order valence-corrected chi connectivity index (χ3v) is 6.44. The highest BCUT2D eigenvalue weighted by Crippen LogP contribution is 2.37. The van der Waals surface area contributed by atoms with E-state index in [2.05, 4.69) is 26.5 Å². The summed E-state index contributed by atoms with van der Waals surface area (Å²) >= 11 is 3.46. The van der Waals surface area contributed by atoms with Gasteiger partial charge >= 0.3 is 0 Å². The molecule has 2 N–H and O–H groups in total. The predicted octanol–water partition coefficient (Wildman–Crippen LogP) is 5.33. The standard InChI is InChI=1S/C29H24BrN3O6/c1-38-26-17-21(16-25(30)27(26)39-19-20-9-8-14-24(15-20)33(36)37)18-31-32-28(34)29(35,22-10-4-2-5-11-22)23-12-6-3-7-13-23/h2-18,35H,19H2,1H3,(H,32,34)/b31-18+. The number of nitro benzene ring substituents is 1. The number of hydrazone groups is 1. The summed E-state index contributed by atoms with van der Waals surface area (Å²) in [5.74, 6) is 0.0551. The molecule has 0 fully saturated rings. The number of halogens is 1. The zero-order chi connectivity index (χ0) is 27.8. The first-order valence-electron chi connectivity index (χ1n) is 11.7. The number of benzene rings is 4. The number of methoxy groups -OCH3 is 1. The van der Waals surface area contributed by atoms with Crippen molar-refractivity contribution in [2.45, 2.75) is 12.2 Å². The van der Waals surface area contributed by atoms with E-state index in [1.54, 1.807) is 84.9 Å². The minimum absolute atomic E-state index is 0.0258. The van der Waals surface area contributed by atoms with Crippen molar-refractivity contribution in [3.63, 3.8) is 0 Å². The third kappa shape index (κ3) is 6.31. The van der Waals surface area contributed by atoms with E-state index in [0.717, 1.165) is 0 Å². The Labute approximate surface area is 233 Å². The Morgan fingerprint density at radius 3 is 2.26 bits per heavy atom. The summed E-state index contributed by atoms with van der Waals surface area (Å²) in [4.78, 5) is 23.8. The van der Waals surface area contributed by atoms with Crippen molar-refractivity contribution in [2.24, 2.45) is 5.10 Å². The maximum atomic E-state index is 13.2. The highest BCUT2D eigenvalue weighted by molar-refractivity contribution is 9.10. The molecule has 39 heavy (non-hydrogen) atoms. The lowest BCUT2D eigenvalue weighted by Gasteiger charge is -2.27. The van der Waals surface area contributed by atoms with Gasteiger partial charge in [-0.15, -0.1) is 0 Å². The van der Waals surface area contributed by atoms with Crippen LogP contribution in [0, 0.1) is 10.1 Å². The molecule has 10 heteroatoms. The molecule has 0 saturated carbocycles. The van der Waals surface area contributed by atoms with Crippen molar-refractivity contribution in [1.29, 1.82) is 0 Å². The summed E-state index contributed by atoms with van der Waals surface area (Å²) < 4.78 is 11.9. The summed E-state index contributed by atoms with van der Waals surface area (Å²) in [6.45, 7) is 0.0810. The van der Waals surface area contributed by atoms with Crippen LogP contribution in [0.3, 0.4) is 0 Å². The predicted molar refractivity (Wildman–Crippen MR) is 150 cm³/mol. The molecule has 0 heterocycles. The second-order valence-corrected chi connectivity index (χ2v) is 9.25. The summed E-state index contributed by atoms with van der Waals surface area (Å²) in [5, 5.41) is 26.6. The number of rotatable bonds is 10. The van der Waals surface area contributed by atoms with Gasteiger partial charge < -0.3 is 14.6 Å². The van der Waals surface area contributed by atoms with Gasteiger partial charge in [-0.25, -0.2) is 5.43 Å².